The summed E-state index contributed by atoms with van der Waals surface area (Å²) in [6.45, 7) is 0. The third kappa shape index (κ3) is 6.04. The summed E-state index contributed by atoms with van der Waals surface area (Å²) in [7, 11) is 48.7. The topological polar surface area (TPSA) is 9.86 Å². The van der Waals surface area contributed by atoms with E-state index in [1.165, 1.54) is 0 Å². The molecule has 276 valence electrons. The lowest BCUT2D eigenvalue weighted by Crippen LogP contribution is -2.48. The van der Waals surface area contributed by atoms with Gasteiger partial charge in [0.25, 0.3) is 0 Å². The summed E-state index contributed by atoms with van der Waals surface area (Å²) in [5, 5.41) is 3.26. The molecule has 0 aliphatic rings. The van der Waals surface area contributed by atoms with Crippen molar-refractivity contribution in [3.8, 4) is 55.9 Å². The van der Waals surface area contributed by atoms with Crippen LogP contribution in [0.3, 0.4) is 0 Å². The Bertz CT molecular complexity index is 3600. The van der Waals surface area contributed by atoms with Crippen LogP contribution >= 0.6 is 0 Å². The fourth-order valence-corrected chi connectivity index (χ4v) is 9.49. The molecule has 11 aromatic rings. The highest BCUT2D eigenvalue weighted by Crippen LogP contribution is 2.40. The van der Waals surface area contributed by atoms with Gasteiger partial charge in [0.15, 0.2) is 0 Å². The van der Waals surface area contributed by atoms with E-state index in [4.69, 9.17) is 54.9 Å². The summed E-state index contributed by atoms with van der Waals surface area (Å²) in [5.41, 5.74) is 14.9. The first-order chi connectivity index (χ1) is 30.7. The molecule has 0 saturated heterocycles. The molecule has 0 unspecified atom stereocenters. The Morgan fingerprint density at radius 1 is 0.286 bits per heavy atom. The Kier molecular flexibility index (Phi) is 9.35. The molecule has 0 saturated carbocycles. The van der Waals surface area contributed by atoms with E-state index in [-0.39, 0.29) is 21.9 Å². The van der Waals surface area contributed by atoms with Gasteiger partial charge in [-0.2, -0.15) is 0 Å². The molecular formula is C54H29B7N2. The Morgan fingerprint density at radius 2 is 0.762 bits per heavy atom. The molecule has 0 aliphatic carbocycles. The first-order valence-corrected chi connectivity index (χ1v) is 20.7. The van der Waals surface area contributed by atoms with Crippen LogP contribution in [0.25, 0.3) is 99.5 Å². The van der Waals surface area contributed by atoms with Crippen molar-refractivity contribution in [2.75, 3.05) is 0 Å². The second-order valence-electron chi connectivity index (χ2n) is 16.0. The molecule has 0 aliphatic heterocycles. The Balaban J connectivity index is 1.14. The Morgan fingerprint density at radius 3 is 1.38 bits per heavy atom. The maximum atomic E-state index is 7.39. The second-order valence-corrected chi connectivity index (χ2v) is 16.0. The van der Waals surface area contributed by atoms with Crippen LogP contribution in [0.1, 0.15) is 0 Å². The molecule has 0 N–H and O–H groups in total. The summed E-state index contributed by atoms with van der Waals surface area (Å²) < 4.78 is 4.24. The fraction of sp³-hybridized carbons (Fsp3) is 0. The lowest BCUT2D eigenvalue weighted by molar-refractivity contribution is 1.18. The van der Waals surface area contributed by atoms with Crippen LogP contribution < -0.4 is 38.2 Å². The molecule has 0 spiro atoms. The summed E-state index contributed by atoms with van der Waals surface area (Å²) in [4.78, 5) is 0. The van der Waals surface area contributed by atoms with Gasteiger partial charge >= 0.3 is 0 Å². The highest BCUT2D eigenvalue weighted by molar-refractivity contribution is 6.69. The summed E-state index contributed by atoms with van der Waals surface area (Å²) in [6, 6.07) is 60.5. The van der Waals surface area contributed by atoms with Crippen molar-refractivity contribution in [2.45, 2.75) is 0 Å². The highest BCUT2D eigenvalue weighted by atomic mass is 15.0. The van der Waals surface area contributed by atoms with Crippen LogP contribution in [0, 0.1) is 0 Å². The maximum Gasteiger partial charge on any atom is 0.115 e. The zero-order valence-electron chi connectivity index (χ0n) is 34.2. The molecule has 2 heterocycles. The third-order valence-electron chi connectivity index (χ3n) is 12.5. The zero-order chi connectivity index (χ0) is 43.1. The third-order valence-corrected chi connectivity index (χ3v) is 12.5. The van der Waals surface area contributed by atoms with Gasteiger partial charge in [-0.3, -0.25) is 0 Å². The van der Waals surface area contributed by atoms with E-state index in [0.717, 1.165) is 72.1 Å². The van der Waals surface area contributed by atoms with Gasteiger partial charge in [-0.25, -0.2) is 0 Å². The quantitative estimate of drug-likeness (QED) is 0.181. The van der Waals surface area contributed by atoms with Crippen LogP contribution in [0.15, 0.2) is 176 Å². The fourth-order valence-electron chi connectivity index (χ4n) is 9.49. The summed E-state index contributed by atoms with van der Waals surface area (Å²) in [6.07, 6.45) is 0. The maximum absolute atomic E-state index is 7.39. The van der Waals surface area contributed by atoms with E-state index in [1.807, 2.05) is 53.1 Å². The second kappa shape index (κ2) is 15.1. The molecule has 14 radical (unpaired) electrons. The smallest absolute Gasteiger partial charge is 0.115 e. The number of hydrogen-bond donors (Lipinski definition) is 0. The van der Waals surface area contributed by atoms with Crippen LogP contribution in [-0.4, -0.2) is 64.1 Å². The molecule has 11 rings (SSSR count). The van der Waals surface area contributed by atoms with Crippen molar-refractivity contribution < 1.29 is 0 Å². The number of aromatic nitrogens is 2. The number of fused-ring (bicyclic) bond motifs is 6. The van der Waals surface area contributed by atoms with Crippen molar-refractivity contribution in [3.63, 3.8) is 0 Å². The van der Waals surface area contributed by atoms with Crippen molar-refractivity contribution in [3.05, 3.63) is 176 Å². The molecule has 0 atom stereocenters. The SMILES string of the molecule is [B]c1c([B])c([B])c2c(c1[B])c1c([B])c(-c3ccc4c(c3)c3c(-c5ccccc5)cccc3n4-c3ccccc3)c([B])c([B])c1n2-c1ccc(-c2ccc(-c3ccccc3)cc2)cc1. The largest absolute Gasteiger partial charge is 0.311 e. The molecule has 2 aromatic heterocycles. The normalized spacial score (nSPS) is 11.6. The standard InChI is InChI=1S/C54H29B7N2/c55-46-42(35-25-28-40-39(29-35)43-38(34-13-6-2-7-14-34)17-10-18-41(43)62(40)36-15-8-3-9-16-36)47(56)51(60)53-44(46)45-48(57)49(58)50(59)52(61)54(45)63(53)37-26-23-33(24-27-37)32-21-19-31(20-22-32)30-11-4-1-5-12-30/h1-29H. The minimum atomic E-state index is 0.174. The number of para-hydroxylation sites is 1. The van der Waals surface area contributed by atoms with Crippen molar-refractivity contribution in [1.29, 1.82) is 0 Å². The lowest BCUT2D eigenvalue weighted by Gasteiger charge is -2.19. The van der Waals surface area contributed by atoms with E-state index < -0.39 is 0 Å². The highest BCUT2D eigenvalue weighted by Gasteiger charge is 2.25. The van der Waals surface area contributed by atoms with E-state index in [1.54, 1.807) is 0 Å². The van der Waals surface area contributed by atoms with Crippen LogP contribution in [0.4, 0.5) is 0 Å². The van der Waals surface area contributed by atoms with Gasteiger partial charge in [0.05, 0.1) is 11.0 Å². The van der Waals surface area contributed by atoms with Crippen molar-refractivity contribution in [2.24, 2.45) is 0 Å². The summed E-state index contributed by atoms with van der Waals surface area (Å²) >= 11 is 0. The predicted molar refractivity (Wildman–Crippen MR) is 275 cm³/mol. The molecule has 0 bridgehead atoms. The van der Waals surface area contributed by atoms with Gasteiger partial charge < -0.3 is 9.13 Å². The van der Waals surface area contributed by atoms with Gasteiger partial charge in [0.2, 0.25) is 0 Å². The van der Waals surface area contributed by atoms with Gasteiger partial charge in [-0.05, 0) is 92.4 Å². The number of nitrogens with zero attached hydrogens (tertiary/aromatic N) is 2. The minimum absolute atomic E-state index is 0.174. The first-order valence-electron chi connectivity index (χ1n) is 20.7. The van der Waals surface area contributed by atoms with Gasteiger partial charge in [-0.1, -0.05) is 161 Å². The number of rotatable bonds is 6. The number of benzene rings is 9. The number of hydrogen-bond acceptors (Lipinski definition) is 0. The van der Waals surface area contributed by atoms with Crippen molar-refractivity contribution >= 4 is 137 Å². The molecule has 63 heavy (non-hydrogen) atoms. The Hall–Kier alpha value is -6.97. The van der Waals surface area contributed by atoms with E-state index >= 15 is 0 Å². The van der Waals surface area contributed by atoms with Gasteiger partial charge in [0, 0.05) is 38.6 Å². The summed E-state index contributed by atoms with van der Waals surface area (Å²) in [5.74, 6) is 0. The van der Waals surface area contributed by atoms with Crippen LogP contribution in [0.5, 0.6) is 0 Å². The molecular weight excluding hydrogens is 752 g/mol. The minimum Gasteiger partial charge on any atom is -0.311 e. The average Bonchev–Trinajstić information content (AvgIpc) is 3.87. The zero-order valence-corrected chi connectivity index (χ0v) is 34.2. The van der Waals surface area contributed by atoms with Crippen molar-refractivity contribution in [1.82, 2.24) is 9.13 Å². The Labute approximate surface area is 375 Å². The lowest BCUT2D eigenvalue weighted by atomic mass is 9.64. The molecule has 9 heteroatoms. The monoisotopic (exact) mass is 782 g/mol. The van der Waals surface area contributed by atoms with E-state index in [9.17, 15) is 0 Å². The van der Waals surface area contributed by atoms with Gasteiger partial charge in [0.1, 0.15) is 54.9 Å². The average molecular weight is 782 g/mol. The van der Waals surface area contributed by atoms with Gasteiger partial charge in [-0.15, -0.1) is 10.9 Å². The van der Waals surface area contributed by atoms with Crippen LogP contribution in [-0.2, 0) is 0 Å². The predicted octanol–water partition coefficient (Wildman–Crippen LogP) is 6.11. The molecule has 2 nitrogen and oxygen atoms in total. The molecule has 0 amide bonds. The van der Waals surface area contributed by atoms with E-state index in [0.29, 0.717) is 43.8 Å². The van der Waals surface area contributed by atoms with E-state index in [2.05, 4.69) is 132 Å². The first kappa shape index (κ1) is 38.9. The molecule has 9 aromatic carbocycles. The molecule has 0 fully saturated rings. The van der Waals surface area contributed by atoms with Crippen LogP contribution in [0.2, 0.25) is 0 Å².